The summed E-state index contributed by atoms with van der Waals surface area (Å²) in [5, 5.41) is 16.1. The van der Waals surface area contributed by atoms with Gasteiger partial charge in [0.15, 0.2) is 0 Å². The molecule has 7 heteroatoms. The number of hydrogen-bond donors (Lipinski definition) is 1. The molecule has 2 aromatic carbocycles. The van der Waals surface area contributed by atoms with Gasteiger partial charge in [0.1, 0.15) is 0 Å². The first-order chi connectivity index (χ1) is 11.3. The zero-order valence-corrected chi connectivity index (χ0v) is 14.8. The molecule has 3 aromatic rings. The third-order valence-corrected chi connectivity index (χ3v) is 4.64. The summed E-state index contributed by atoms with van der Waals surface area (Å²) >= 11 is 5.08. The highest BCUT2D eigenvalue weighted by atomic mass is 79.9. The molecule has 0 saturated heterocycles. The van der Waals surface area contributed by atoms with Crippen molar-refractivity contribution in [3.05, 3.63) is 64.6 Å². The van der Waals surface area contributed by atoms with Gasteiger partial charge in [-0.1, -0.05) is 58.0 Å². The lowest BCUT2D eigenvalue weighted by molar-refractivity contribution is 0.728. The Morgan fingerprint density at radius 3 is 2.61 bits per heavy atom. The zero-order valence-electron chi connectivity index (χ0n) is 12.4. The number of benzene rings is 2. The summed E-state index contributed by atoms with van der Waals surface area (Å²) in [6.07, 6.45) is 0. The number of thioether (sulfide) groups is 1. The molecule has 23 heavy (non-hydrogen) atoms. The number of aromatic nitrogens is 4. The van der Waals surface area contributed by atoms with Gasteiger partial charge in [-0.25, -0.2) is 0 Å². The molecule has 1 aromatic heterocycles. The number of rotatable bonds is 7. The van der Waals surface area contributed by atoms with E-state index in [-0.39, 0.29) is 0 Å². The monoisotopic (exact) mass is 389 g/mol. The molecule has 0 aliphatic rings. The highest BCUT2D eigenvalue weighted by Crippen LogP contribution is 2.17. The van der Waals surface area contributed by atoms with Gasteiger partial charge in [0.25, 0.3) is 0 Å². The maximum Gasteiger partial charge on any atom is 0.214 e. The first-order valence-corrected chi connectivity index (χ1v) is 9.02. The Balaban J connectivity index is 1.46. The fraction of sp³-hybridized carbons (Fsp3) is 0.188. The molecule has 3 rings (SSSR count). The van der Waals surface area contributed by atoms with E-state index in [0.29, 0.717) is 0 Å². The van der Waals surface area contributed by atoms with Crippen LogP contribution in [0, 0.1) is 0 Å². The van der Waals surface area contributed by atoms with Crippen molar-refractivity contribution in [1.82, 2.24) is 25.5 Å². The fourth-order valence-corrected chi connectivity index (χ4v) is 3.10. The Kier molecular flexibility index (Phi) is 5.79. The summed E-state index contributed by atoms with van der Waals surface area (Å²) < 4.78 is 2.86. The van der Waals surface area contributed by atoms with Gasteiger partial charge in [0, 0.05) is 23.3 Å². The van der Waals surface area contributed by atoms with Crippen molar-refractivity contribution in [2.75, 3.05) is 12.3 Å². The van der Waals surface area contributed by atoms with Crippen LogP contribution in [-0.2, 0) is 6.54 Å². The Morgan fingerprint density at radius 1 is 1.04 bits per heavy atom. The normalized spacial score (nSPS) is 10.8. The largest absolute Gasteiger partial charge is 0.312 e. The van der Waals surface area contributed by atoms with E-state index in [1.54, 1.807) is 16.4 Å². The van der Waals surface area contributed by atoms with Gasteiger partial charge in [-0.2, -0.15) is 4.68 Å². The standard InChI is InChI=1S/C16H16BrN5S/c17-14-8-6-13(7-9-14)12-18-10-11-23-16-19-20-21-22(16)15-4-2-1-3-5-15/h1-9,18H,10-12H2. The minimum atomic E-state index is 0.807. The lowest BCUT2D eigenvalue weighted by Gasteiger charge is -2.06. The van der Waals surface area contributed by atoms with Gasteiger partial charge in [-0.3, -0.25) is 0 Å². The predicted octanol–water partition coefficient (Wildman–Crippen LogP) is 3.31. The summed E-state index contributed by atoms with van der Waals surface area (Å²) in [4.78, 5) is 0. The van der Waals surface area contributed by atoms with E-state index in [0.717, 1.165) is 34.2 Å². The molecule has 1 heterocycles. The average molecular weight is 390 g/mol. The maximum absolute atomic E-state index is 4.09. The average Bonchev–Trinajstić information content (AvgIpc) is 3.05. The summed E-state index contributed by atoms with van der Waals surface area (Å²) in [5.41, 5.74) is 2.25. The molecule has 0 aliphatic heterocycles. The van der Waals surface area contributed by atoms with Crippen molar-refractivity contribution in [3.8, 4) is 5.69 Å². The molecule has 0 atom stereocenters. The van der Waals surface area contributed by atoms with Gasteiger partial charge < -0.3 is 5.32 Å². The predicted molar refractivity (Wildman–Crippen MR) is 95.7 cm³/mol. The molecular formula is C16H16BrN5S. The minimum absolute atomic E-state index is 0.807. The number of tetrazole rings is 1. The van der Waals surface area contributed by atoms with Gasteiger partial charge in [0.2, 0.25) is 5.16 Å². The first kappa shape index (κ1) is 16.2. The second-order valence-electron chi connectivity index (χ2n) is 4.86. The molecule has 0 radical (unpaired) electrons. The van der Waals surface area contributed by atoms with Crippen LogP contribution in [0.15, 0.2) is 64.2 Å². The van der Waals surface area contributed by atoms with Crippen LogP contribution in [0.5, 0.6) is 0 Å². The molecule has 118 valence electrons. The SMILES string of the molecule is Brc1ccc(CNCCSc2nnnn2-c2ccccc2)cc1. The van der Waals surface area contributed by atoms with Gasteiger partial charge in [-0.05, 0) is 40.3 Å². The molecule has 0 saturated carbocycles. The summed E-state index contributed by atoms with van der Waals surface area (Å²) in [5.74, 6) is 0.906. The molecule has 0 bridgehead atoms. The van der Waals surface area contributed by atoms with Crippen LogP contribution >= 0.6 is 27.7 Å². The van der Waals surface area contributed by atoms with Crippen LogP contribution in [0.2, 0.25) is 0 Å². The minimum Gasteiger partial charge on any atom is -0.312 e. The van der Waals surface area contributed by atoms with E-state index in [1.165, 1.54) is 5.56 Å². The van der Waals surface area contributed by atoms with Crippen molar-refractivity contribution in [3.63, 3.8) is 0 Å². The van der Waals surface area contributed by atoms with Gasteiger partial charge >= 0.3 is 0 Å². The van der Waals surface area contributed by atoms with Crippen LogP contribution in [0.3, 0.4) is 0 Å². The maximum atomic E-state index is 4.09. The second-order valence-corrected chi connectivity index (χ2v) is 6.84. The van der Waals surface area contributed by atoms with E-state index in [2.05, 4.69) is 61.0 Å². The van der Waals surface area contributed by atoms with Crippen LogP contribution in [-0.4, -0.2) is 32.5 Å². The highest BCUT2D eigenvalue weighted by molar-refractivity contribution is 9.10. The van der Waals surface area contributed by atoms with Crippen molar-refractivity contribution in [2.24, 2.45) is 0 Å². The molecule has 0 fully saturated rings. The van der Waals surface area contributed by atoms with Crippen LogP contribution in [0.25, 0.3) is 5.69 Å². The summed E-state index contributed by atoms with van der Waals surface area (Å²) in [7, 11) is 0. The number of halogens is 1. The second kappa shape index (κ2) is 8.24. The number of para-hydroxylation sites is 1. The number of hydrogen-bond acceptors (Lipinski definition) is 5. The molecule has 5 nitrogen and oxygen atoms in total. The zero-order chi connectivity index (χ0) is 15.9. The van der Waals surface area contributed by atoms with Crippen molar-refractivity contribution < 1.29 is 0 Å². The van der Waals surface area contributed by atoms with E-state index in [9.17, 15) is 0 Å². The van der Waals surface area contributed by atoms with E-state index in [4.69, 9.17) is 0 Å². The Hall–Kier alpha value is -1.70. The topological polar surface area (TPSA) is 55.6 Å². The molecular weight excluding hydrogens is 374 g/mol. The van der Waals surface area contributed by atoms with Crippen LogP contribution in [0.4, 0.5) is 0 Å². The van der Waals surface area contributed by atoms with Crippen LogP contribution < -0.4 is 5.32 Å². The lowest BCUT2D eigenvalue weighted by Crippen LogP contribution is -2.16. The van der Waals surface area contributed by atoms with E-state index < -0.39 is 0 Å². The van der Waals surface area contributed by atoms with Crippen molar-refractivity contribution in [2.45, 2.75) is 11.7 Å². The number of nitrogens with zero attached hydrogens (tertiary/aromatic N) is 4. The summed E-state index contributed by atoms with van der Waals surface area (Å²) in [6.45, 7) is 1.75. The Morgan fingerprint density at radius 2 is 1.83 bits per heavy atom. The highest BCUT2D eigenvalue weighted by Gasteiger charge is 2.07. The third kappa shape index (κ3) is 4.63. The molecule has 0 amide bonds. The quantitative estimate of drug-likeness (QED) is 0.496. The van der Waals surface area contributed by atoms with Gasteiger partial charge in [-0.15, -0.1) is 5.10 Å². The van der Waals surface area contributed by atoms with Crippen molar-refractivity contribution in [1.29, 1.82) is 0 Å². The first-order valence-electron chi connectivity index (χ1n) is 7.25. The lowest BCUT2D eigenvalue weighted by atomic mass is 10.2. The Bertz CT molecular complexity index is 730. The van der Waals surface area contributed by atoms with Crippen molar-refractivity contribution >= 4 is 27.7 Å². The van der Waals surface area contributed by atoms with E-state index in [1.807, 2.05) is 30.3 Å². The molecule has 0 unspecified atom stereocenters. The number of nitrogens with one attached hydrogen (secondary N) is 1. The fourth-order valence-electron chi connectivity index (χ4n) is 2.05. The molecule has 0 spiro atoms. The molecule has 0 aliphatic carbocycles. The smallest absolute Gasteiger partial charge is 0.214 e. The Labute approximate surface area is 147 Å². The molecule has 1 N–H and O–H groups in total. The summed E-state index contributed by atoms with van der Waals surface area (Å²) in [6, 6.07) is 18.3. The van der Waals surface area contributed by atoms with E-state index >= 15 is 0 Å². The van der Waals surface area contributed by atoms with Gasteiger partial charge in [0.05, 0.1) is 5.69 Å². The third-order valence-electron chi connectivity index (χ3n) is 3.19. The van der Waals surface area contributed by atoms with Crippen LogP contribution in [0.1, 0.15) is 5.56 Å².